The molecule has 0 aromatic heterocycles. The minimum absolute atomic E-state index is 0.200. The molecule has 0 aliphatic heterocycles. The highest BCUT2D eigenvalue weighted by Gasteiger charge is 2.13. The number of nitrogens with two attached hydrogens (primary N) is 1. The van der Waals surface area contributed by atoms with Gasteiger partial charge in [0, 0.05) is 4.47 Å². The number of hydrogen-bond acceptors (Lipinski definition) is 1. The lowest BCUT2D eigenvalue weighted by atomic mass is 9.97. The van der Waals surface area contributed by atoms with Gasteiger partial charge in [-0.15, -0.1) is 0 Å². The van der Waals surface area contributed by atoms with Crippen molar-refractivity contribution < 1.29 is 4.39 Å². The molecule has 0 fully saturated rings. The maximum absolute atomic E-state index is 13.3. The average molecular weight is 308 g/mol. The molecule has 0 radical (unpaired) electrons. The molecule has 0 spiro atoms. The first-order chi connectivity index (χ1) is 8.49. The zero-order valence-electron chi connectivity index (χ0n) is 10.4. The maximum atomic E-state index is 13.3. The molecular weight excluding hydrogens is 293 g/mol. The molecule has 1 atom stereocenters. The summed E-state index contributed by atoms with van der Waals surface area (Å²) in [4.78, 5) is 0. The summed E-state index contributed by atoms with van der Waals surface area (Å²) in [7, 11) is 0. The van der Waals surface area contributed by atoms with Gasteiger partial charge >= 0.3 is 0 Å². The smallest absolute Gasteiger partial charge is 0.126 e. The summed E-state index contributed by atoms with van der Waals surface area (Å²) in [5.74, 6) is -0.200. The fraction of sp³-hybridized carbons (Fsp3) is 0.200. The van der Waals surface area contributed by atoms with Crippen LogP contribution in [0.4, 0.5) is 4.39 Å². The lowest BCUT2D eigenvalue weighted by Gasteiger charge is -2.16. The first-order valence-corrected chi connectivity index (χ1v) is 6.56. The normalized spacial score (nSPS) is 12.5. The van der Waals surface area contributed by atoms with E-state index in [0.29, 0.717) is 5.56 Å². The van der Waals surface area contributed by atoms with Gasteiger partial charge in [-0.25, -0.2) is 4.39 Å². The van der Waals surface area contributed by atoms with Gasteiger partial charge in [0.25, 0.3) is 0 Å². The van der Waals surface area contributed by atoms with Gasteiger partial charge in [0.05, 0.1) is 6.04 Å². The first kappa shape index (κ1) is 13.2. The van der Waals surface area contributed by atoms with Crippen LogP contribution >= 0.6 is 15.9 Å². The molecule has 0 amide bonds. The van der Waals surface area contributed by atoms with Crippen LogP contribution in [-0.2, 0) is 0 Å². The van der Waals surface area contributed by atoms with Crippen LogP contribution < -0.4 is 5.73 Å². The van der Waals surface area contributed by atoms with Crippen molar-refractivity contribution in [3.05, 3.63) is 68.9 Å². The van der Waals surface area contributed by atoms with Crippen molar-refractivity contribution in [3.8, 4) is 0 Å². The molecular formula is C15H15BrFN. The summed E-state index contributed by atoms with van der Waals surface area (Å²) in [6, 6.07) is 10.8. The van der Waals surface area contributed by atoms with Gasteiger partial charge in [-0.05, 0) is 42.7 Å². The van der Waals surface area contributed by atoms with E-state index in [2.05, 4.69) is 15.9 Å². The lowest BCUT2D eigenvalue weighted by molar-refractivity contribution is 0.617. The number of benzene rings is 2. The zero-order chi connectivity index (χ0) is 13.3. The largest absolute Gasteiger partial charge is 0.320 e. The maximum Gasteiger partial charge on any atom is 0.126 e. The Morgan fingerprint density at radius 3 is 2.50 bits per heavy atom. The molecule has 0 saturated carbocycles. The molecule has 2 N–H and O–H groups in total. The van der Waals surface area contributed by atoms with Crippen molar-refractivity contribution in [2.24, 2.45) is 5.73 Å². The standard InChI is InChI=1S/C15H15BrFN/c1-9-3-5-13(16)12(7-9)15(18)11-4-6-14(17)10(2)8-11/h3-8,15H,18H2,1-2H3. The zero-order valence-corrected chi connectivity index (χ0v) is 12.0. The lowest BCUT2D eigenvalue weighted by Crippen LogP contribution is -2.13. The predicted octanol–water partition coefficient (Wildman–Crippen LogP) is 4.25. The number of aryl methyl sites for hydroxylation is 2. The Morgan fingerprint density at radius 2 is 1.83 bits per heavy atom. The van der Waals surface area contributed by atoms with Gasteiger partial charge in [-0.2, -0.15) is 0 Å². The summed E-state index contributed by atoms with van der Waals surface area (Å²) in [6.45, 7) is 3.77. The number of rotatable bonds is 2. The van der Waals surface area contributed by atoms with Crippen molar-refractivity contribution in [2.75, 3.05) is 0 Å². The van der Waals surface area contributed by atoms with Crippen molar-refractivity contribution in [2.45, 2.75) is 19.9 Å². The highest BCUT2D eigenvalue weighted by molar-refractivity contribution is 9.10. The highest BCUT2D eigenvalue weighted by Crippen LogP contribution is 2.28. The Labute approximate surface area is 115 Å². The highest BCUT2D eigenvalue weighted by atomic mass is 79.9. The van der Waals surface area contributed by atoms with Crippen LogP contribution in [0.3, 0.4) is 0 Å². The Bertz CT molecular complexity index is 581. The first-order valence-electron chi connectivity index (χ1n) is 5.76. The average Bonchev–Trinajstić information content (AvgIpc) is 2.35. The molecule has 0 saturated heterocycles. The Morgan fingerprint density at radius 1 is 1.11 bits per heavy atom. The summed E-state index contributed by atoms with van der Waals surface area (Å²) < 4.78 is 14.2. The summed E-state index contributed by atoms with van der Waals surface area (Å²) >= 11 is 3.51. The summed E-state index contributed by atoms with van der Waals surface area (Å²) in [5.41, 5.74) is 9.96. The summed E-state index contributed by atoms with van der Waals surface area (Å²) in [5, 5.41) is 0. The molecule has 2 rings (SSSR count). The van der Waals surface area contributed by atoms with E-state index in [4.69, 9.17) is 5.73 Å². The number of hydrogen-bond donors (Lipinski definition) is 1. The second-order valence-corrected chi connectivity index (χ2v) is 5.37. The van der Waals surface area contributed by atoms with E-state index in [0.717, 1.165) is 21.2 Å². The quantitative estimate of drug-likeness (QED) is 0.881. The number of halogens is 2. The van der Waals surface area contributed by atoms with Crippen LogP contribution in [0, 0.1) is 19.7 Å². The third-order valence-electron chi connectivity index (χ3n) is 3.03. The Hall–Kier alpha value is -1.19. The summed E-state index contributed by atoms with van der Waals surface area (Å²) in [6.07, 6.45) is 0. The van der Waals surface area contributed by atoms with Crippen LogP contribution in [0.1, 0.15) is 28.3 Å². The Balaban J connectivity index is 2.44. The molecule has 0 aliphatic carbocycles. The Kier molecular flexibility index (Phi) is 3.83. The van der Waals surface area contributed by atoms with E-state index in [1.807, 2.05) is 25.1 Å². The molecule has 0 aliphatic rings. The van der Waals surface area contributed by atoms with Gasteiger partial charge in [0.1, 0.15) is 5.82 Å². The van der Waals surface area contributed by atoms with Gasteiger partial charge in [0.2, 0.25) is 0 Å². The van der Waals surface area contributed by atoms with Crippen LogP contribution in [-0.4, -0.2) is 0 Å². The topological polar surface area (TPSA) is 26.0 Å². The van der Waals surface area contributed by atoms with Crippen LogP contribution in [0.15, 0.2) is 40.9 Å². The van der Waals surface area contributed by atoms with E-state index < -0.39 is 0 Å². The van der Waals surface area contributed by atoms with Crippen molar-refractivity contribution in [1.29, 1.82) is 0 Å². The van der Waals surface area contributed by atoms with E-state index >= 15 is 0 Å². The van der Waals surface area contributed by atoms with Crippen molar-refractivity contribution in [1.82, 2.24) is 0 Å². The molecule has 0 heterocycles. The fourth-order valence-corrected chi connectivity index (χ4v) is 2.44. The van der Waals surface area contributed by atoms with Gasteiger partial charge < -0.3 is 5.73 Å². The molecule has 3 heteroatoms. The monoisotopic (exact) mass is 307 g/mol. The minimum atomic E-state index is -0.251. The molecule has 1 unspecified atom stereocenters. The van der Waals surface area contributed by atoms with Crippen molar-refractivity contribution >= 4 is 15.9 Å². The van der Waals surface area contributed by atoms with Crippen LogP contribution in [0.5, 0.6) is 0 Å². The molecule has 94 valence electrons. The molecule has 18 heavy (non-hydrogen) atoms. The molecule has 1 nitrogen and oxygen atoms in total. The predicted molar refractivity (Wildman–Crippen MR) is 76.0 cm³/mol. The molecule has 2 aromatic rings. The van der Waals surface area contributed by atoms with E-state index in [-0.39, 0.29) is 11.9 Å². The van der Waals surface area contributed by atoms with Gasteiger partial charge in [-0.1, -0.05) is 45.8 Å². The second kappa shape index (κ2) is 5.21. The molecule has 0 bridgehead atoms. The second-order valence-electron chi connectivity index (χ2n) is 4.51. The third kappa shape index (κ3) is 2.62. The van der Waals surface area contributed by atoms with Crippen LogP contribution in [0.25, 0.3) is 0 Å². The minimum Gasteiger partial charge on any atom is -0.320 e. The van der Waals surface area contributed by atoms with E-state index in [1.165, 1.54) is 6.07 Å². The van der Waals surface area contributed by atoms with Gasteiger partial charge in [0.15, 0.2) is 0 Å². The van der Waals surface area contributed by atoms with Crippen LogP contribution in [0.2, 0.25) is 0 Å². The van der Waals surface area contributed by atoms with E-state index in [1.54, 1.807) is 19.1 Å². The van der Waals surface area contributed by atoms with Gasteiger partial charge in [-0.3, -0.25) is 0 Å². The van der Waals surface area contributed by atoms with E-state index in [9.17, 15) is 4.39 Å². The third-order valence-corrected chi connectivity index (χ3v) is 3.75. The fourth-order valence-electron chi connectivity index (χ4n) is 1.94. The molecule has 2 aromatic carbocycles. The SMILES string of the molecule is Cc1ccc(Br)c(C(N)c2ccc(F)c(C)c2)c1. The van der Waals surface area contributed by atoms with Crippen molar-refractivity contribution in [3.63, 3.8) is 0 Å².